The number of phenolic OH excluding ortho intramolecular Hbond substituents is 1. The molecule has 3 saturated carbocycles. The van der Waals surface area contributed by atoms with Crippen LogP contribution in [0.5, 0.6) is 11.5 Å². The number of anilines is 2. The van der Waals surface area contributed by atoms with Crippen LogP contribution < -0.4 is 26.4 Å². The number of nitrogens with one attached hydrogen (secondary N) is 3. The smallest absolute Gasteiger partial charge is 0.255 e. The minimum atomic E-state index is -0.616. The molecule has 0 radical (unpaired) electrons. The number of benzene rings is 2. The molecule has 2 bridgehead atoms. The van der Waals surface area contributed by atoms with Crippen molar-refractivity contribution in [2.75, 3.05) is 30.7 Å². The second-order valence-corrected chi connectivity index (χ2v) is 14.8. The number of carbonyl (C=O) groups excluding carboxylic acids is 4. The number of nitrogens with zero attached hydrogens (tertiary/aromatic N) is 3. The summed E-state index contributed by atoms with van der Waals surface area (Å²) >= 11 is 0. The van der Waals surface area contributed by atoms with Crippen molar-refractivity contribution < 1.29 is 29.0 Å². The lowest BCUT2D eigenvalue weighted by Gasteiger charge is -2.38. The third kappa shape index (κ3) is 7.40. The molecule has 274 valence electrons. The first kappa shape index (κ1) is 35.2. The molecule has 6 N–H and O–H groups in total. The molecular formula is C39H47N7O6. The summed E-state index contributed by atoms with van der Waals surface area (Å²) in [7, 11) is 0. The Bertz CT molecular complexity index is 1840. The van der Waals surface area contributed by atoms with Gasteiger partial charge in [-0.1, -0.05) is 43.9 Å². The van der Waals surface area contributed by atoms with E-state index in [1.54, 1.807) is 35.2 Å². The molecule has 0 spiro atoms. The summed E-state index contributed by atoms with van der Waals surface area (Å²) in [6, 6.07) is 13.7. The summed E-state index contributed by atoms with van der Waals surface area (Å²) in [6.07, 6.45) is 9.67. The number of aromatic nitrogens is 2. The maximum Gasteiger partial charge on any atom is 0.255 e. The van der Waals surface area contributed by atoms with Gasteiger partial charge in [-0.05, 0) is 68.7 Å². The van der Waals surface area contributed by atoms with E-state index in [2.05, 4.69) is 26.1 Å². The molecule has 4 amide bonds. The van der Waals surface area contributed by atoms with E-state index < -0.39 is 11.9 Å². The number of para-hydroxylation sites is 1. The van der Waals surface area contributed by atoms with Gasteiger partial charge in [0, 0.05) is 65.8 Å². The summed E-state index contributed by atoms with van der Waals surface area (Å²) in [4.78, 5) is 51.6. The Labute approximate surface area is 303 Å². The molecule has 1 saturated heterocycles. The molecule has 52 heavy (non-hydrogen) atoms. The Kier molecular flexibility index (Phi) is 10.3. The maximum atomic E-state index is 13.1. The Balaban J connectivity index is 0.761. The lowest BCUT2D eigenvalue weighted by Crippen LogP contribution is -2.52. The van der Waals surface area contributed by atoms with Crippen LogP contribution in [0.15, 0.2) is 48.5 Å². The molecule has 3 aliphatic carbocycles. The molecule has 3 heterocycles. The molecular weight excluding hydrogens is 662 g/mol. The molecule has 13 nitrogen and oxygen atoms in total. The number of rotatable bonds is 16. The van der Waals surface area contributed by atoms with Crippen molar-refractivity contribution in [3.8, 4) is 22.8 Å². The molecule has 5 aliphatic rings. The summed E-state index contributed by atoms with van der Waals surface area (Å²) < 4.78 is 6.15. The Morgan fingerprint density at radius 2 is 1.71 bits per heavy atom. The van der Waals surface area contributed by atoms with Gasteiger partial charge in [0.05, 0.1) is 6.61 Å². The van der Waals surface area contributed by atoms with Crippen molar-refractivity contribution >= 4 is 35.1 Å². The van der Waals surface area contributed by atoms with Gasteiger partial charge >= 0.3 is 0 Å². The van der Waals surface area contributed by atoms with Crippen LogP contribution in [0.25, 0.3) is 11.3 Å². The fraction of sp³-hybridized carbons (Fsp3) is 0.487. The second-order valence-electron chi connectivity index (χ2n) is 14.8. The van der Waals surface area contributed by atoms with Gasteiger partial charge in [-0.3, -0.25) is 24.5 Å². The normalized spacial score (nSPS) is 23.2. The van der Waals surface area contributed by atoms with Crippen LogP contribution in [0.3, 0.4) is 0 Å². The van der Waals surface area contributed by atoms with Crippen LogP contribution in [0.1, 0.15) is 86.6 Å². The lowest BCUT2D eigenvalue weighted by atomic mass is 9.70. The van der Waals surface area contributed by atoms with Crippen LogP contribution in [-0.2, 0) is 20.9 Å². The van der Waals surface area contributed by atoms with E-state index in [-0.39, 0.29) is 47.0 Å². The van der Waals surface area contributed by atoms with Crippen molar-refractivity contribution in [3.63, 3.8) is 0 Å². The Hall–Kier alpha value is -5.20. The molecule has 3 aromatic rings. The maximum absolute atomic E-state index is 13.1. The van der Waals surface area contributed by atoms with E-state index in [9.17, 15) is 24.3 Å². The molecule has 8 rings (SSSR count). The van der Waals surface area contributed by atoms with Crippen molar-refractivity contribution in [2.45, 2.75) is 83.2 Å². The van der Waals surface area contributed by atoms with Gasteiger partial charge in [-0.2, -0.15) is 0 Å². The van der Waals surface area contributed by atoms with Gasteiger partial charge in [0.1, 0.15) is 17.5 Å². The fourth-order valence-electron chi connectivity index (χ4n) is 8.45. The number of hydrogen-bond donors (Lipinski definition) is 5. The summed E-state index contributed by atoms with van der Waals surface area (Å²) in [6.45, 7) is 2.31. The number of amides is 4. The lowest BCUT2D eigenvalue weighted by molar-refractivity contribution is -0.137. The highest BCUT2D eigenvalue weighted by Gasteiger charge is 2.58. The summed E-state index contributed by atoms with van der Waals surface area (Å²) in [5, 5.41) is 27.4. The molecule has 4 fully saturated rings. The first-order valence-corrected chi connectivity index (χ1v) is 18.5. The Morgan fingerprint density at radius 3 is 2.50 bits per heavy atom. The molecule has 2 aromatic carbocycles. The highest BCUT2D eigenvalue weighted by Crippen LogP contribution is 2.62. The fourth-order valence-corrected chi connectivity index (χ4v) is 8.45. The van der Waals surface area contributed by atoms with Gasteiger partial charge < -0.3 is 31.1 Å². The number of carbonyl (C=O) groups is 4. The minimum absolute atomic E-state index is 0.0188. The molecule has 13 heteroatoms. The highest BCUT2D eigenvalue weighted by molar-refractivity contribution is 6.06. The number of fused-ring (bicyclic) bond motifs is 2. The summed E-state index contributed by atoms with van der Waals surface area (Å²) in [5.74, 6) is 0.458. The predicted molar refractivity (Wildman–Crippen MR) is 194 cm³/mol. The average molecular weight is 710 g/mol. The molecule has 2 aliphatic heterocycles. The Morgan fingerprint density at radius 1 is 0.962 bits per heavy atom. The van der Waals surface area contributed by atoms with E-state index in [0.29, 0.717) is 54.6 Å². The van der Waals surface area contributed by atoms with E-state index in [1.165, 1.54) is 0 Å². The third-order valence-corrected chi connectivity index (χ3v) is 11.2. The zero-order valence-electron chi connectivity index (χ0n) is 29.4. The van der Waals surface area contributed by atoms with Crippen molar-refractivity contribution in [1.82, 2.24) is 25.7 Å². The quantitative estimate of drug-likeness (QED) is 0.104. The number of aromatic hydroxyl groups is 1. The van der Waals surface area contributed by atoms with Crippen LogP contribution in [0.4, 0.5) is 11.5 Å². The zero-order chi connectivity index (χ0) is 36.2. The molecule has 1 unspecified atom stereocenters. The molecule has 2 atom stereocenters. The average Bonchev–Trinajstić information content (AvgIpc) is 3.79. The number of phenols is 1. The van der Waals surface area contributed by atoms with E-state index in [4.69, 9.17) is 10.5 Å². The van der Waals surface area contributed by atoms with Gasteiger partial charge in [-0.15, -0.1) is 10.2 Å². The van der Waals surface area contributed by atoms with E-state index in [1.807, 2.05) is 18.2 Å². The van der Waals surface area contributed by atoms with Gasteiger partial charge in [0.15, 0.2) is 11.6 Å². The standard InChI is InChI=1S/C39H47N7O6/c40-35-33(18-30(44-45-35)26-10-5-6-13-32(26)47)52-23-39-19-24(20-39)27(21-39)36(49)42-17-8-4-2-1-3-7-16-41-29-12-9-11-25-28(29)22-46(38(25)51)31-14-15-34(48)43-37(31)50/h5-6,9-13,18,24,27,31,41,47H,1-4,7-8,14-17,19-23H2,(H2,40,45)(H,42,49)(H,43,48,50)/t24?,27-,31?,39?/m1/s1. The number of ether oxygens (including phenoxy) is 1. The largest absolute Gasteiger partial charge is 0.507 e. The first-order valence-electron chi connectivity index (χ1n) is 18.5. The zero-order valence-corrected chi connectivity index (χ0v) is 29.4. The first-order chi connectivity index (χ1) is 25.2. The van der Waals surface area contributed by atoms with Crippen molar-refractivity contribution in [2.24, 2.45) is 17.3 Å². The molecule has 1 aromatic heterocycles. The predicted octanol–water partition coefficient (Wildman–Crippen LogP) is 4.56. The van der Waals surface area contributed by atoms with Crippen molar-refractivity contribution in [1.29, 1.82) is 0 Å². The minimum Gasteiger partial charge on any atom is -0.507 e. The van der Waals surface area contributed by atoms with Crippen LogP contribution in [-0.4, -0.2) is 69.6 Å². The number of hydrogen-bond acceptors (Lipinski definition) is 10. The summed E-state index contributed by atoms with van der Waals surface area (Å²) in [5.41, 5.74) is 9.52. The number of unbranched alkanes of at least 4 members (excludes halogenated alkanes) is 5. The van der Waals surface area contributed by atoms with Crippen LogP contribution >= 0.6 is 0 Å². The monoisotopic (exact) mass is 709 g/mol. The van der Waals surface area contributed by atoms with E-state index in [0.717, 1.165) is 75.6 Å². The highest BCUT2D eigenvalue weighted by atomic mass is 16.5. The third-order valence-electron chi connectivity index (χ3n) is 11.2. The SMILES string of the molecule is Nc1nnc(-c2ccccc2O)cc1OCC12CC(C1)[C@H](C(=O)NCCCCCCCCNc1cccc3c1CN(C1CCC(=O)NC1=O)C3=O)C2. The van der Waals surface area contributed by atoms with Gasteiger partial charge in [0.25, 0.3) is 5.91 Å². The number of piperidine rings is 1. The van der Waals surface area contributed by atoms with Crippen LogP contribution in [0.2, 0.25) is 0 Å². The number of imide groups is 1. The van der Waals surface area contributed by atoms with E-state index >= 15 is 0 Å². The topological polar surface area (TPSA) is 189 Å². The van der Waals surface area contributed by atoms with Gasteiger partial charge in [0.2, 0.25) is 17.7 Å². The second kappa shape index (κ2) is 15.2. The van der Waals surface area contributed by atoms with Gasteiger partial charge in [-0.25, -0.2) is 0 Å². The number of nitrogen functional groups attached to an aromatic ring is 1. The van der Waals surface area contributed by atoms with Crippen molar-refractivity contribution in [3.05, 3.63) is 59.7 Å². The van der Waals surface area contributed by atoms with Crippen LogP contribution in [0, 0.1) is 17.3 Å². The number of nitrogens with two attached hydrogens (primary N) is 1.